The molecule has 24 heavy (non-hydrogen) atoms. The summed E-state index contributed by atoms with van der Waals surface area (Å²) in [6.07, 6.45) is 1.57. The van der Waals surface area contributed by atoms with Crippen molar-refractivity contribution in [3.05, 3.63) is 61.4 Å². The standard InChI is InChI=1S/C16H9BrCl2N2O2S/c17-12-7-10(19)5-8(14(12)22)6-13-15(23)21-16(24-13)20-11-3-1-9(18)2-4-11/h1-7,22H,(H,20,21,23). The number of hydrogen-bond donors (Lipinski definition) is 2. The molecule has 0 atom stereocenters. The van der Waals surface area contributed by atoms with Gasteiger partial charge in [0.15, 0.2) is 5.17 Å². The molecular weight excluding hydrogens is 435 g/mol. The molecule has 2 N–H and O–H groups in total. The first-order valence-corrected chi connectivity index (χ1v) is 9.02. The van der Waals surface area contributed by atoms with Crippen molar-refractivity contribution < 1.29 is 9.90 Å². The van der Waals surface area contributed by atoms with E-state index < -0.39 is 0 Å². The van der Waals surface area contributed by atoms with Crippen molar-refractivity contribution in [1.82, 2.24) is 5.32 Å². The molecule has 1 saturated heterocycles. The van der Waals surface area contributed by atoms with Crippen molar-refractivity contribution in [2.75, 3.05) is 0 Å². The smallest absolute Gasteiger partial charge is 0.264 e. The summed E-state index contributed by atoms with van der Waals surface area (Å²) in [5.74, 6) is -0.272. The third kappa shape index (κ3) is 3.95. The summed E-state index contributed by atoms with van der Waals surface area (Å²) in [4.78, 5) is 16.8. The van der Waals surface area contributed by atoms with Crippen LogP contribution in [0.4, 0.5) is 5.69 Å². The number of phenolic OH excluding ortho intramolecular Hbond substituents is 1. The zero-order chi connectivity index (χ0) is 17.3. The average molecular weight is 444 g/mol. The Hall–Kier alpha value is -1.47. The molecule has 0 saturated carbocycles. The van der Waals surface area contributed by atoms with Gasteiger partial charge >= 0.3 is 0 Å². The molecule has 3 rings (SSSR count). The van der Waals surface area contributed by atoms with Gasteiger partial charge in [-0.3, -0.25) is 4.79 Å². The zero-order valence-corrected chi connectivity index (χ0v) is 15.8. The van der Waals surface area contributed by atoms with E-state index >= 15 is 0 Å². The first-order chi connectivity index (χ1) is 11.4. The summed E-state index contributed by atoms with van der Waals surface area (Å²) in [6, 6.07) is 10.1. The van der Waals surface area contributed by atoms with E-state index in [0.717, 1.165) is 0 Å². The highest BCUT2D eigenvalue weighted by atomic mass is 79.9. The number of nitrogens with one attached hydrogen (secondary N) is 1. The number of rotatable bonds is 2. The van der Waals surface area contributed by atoms with E-state index in [1.807, 2.05) is 0 Å². The number of aliphatic imine (C=N–C) groups is 1. The predicted octanol–water partition coefficient (Wildman–Crippen LogP) is 5.35. The number of thioether (sulfide) groups is 1. The average Bonchev–Trinajstić information content (AvgIpc) is 2.86. The van der Waals surface area contributed by atoms with Crippen LogP contribution in [-0.4, -0.2) is 16.2 Å². The molecule has 0 bridgehead atoms. The number of amides is 1. The van der Waals surface area contributed by atoms with Crippen LogP contribution in [0.15, 0.2) is 50.8 Å². The maximum Gasteiger partial charge on any atom is 0.264 e. The van der Waals surface area contributed by atoms with E-state index in [1.54, 1.807) is 42.5 Å². The highest BCUT2D eigenvalue weighted by molar-refractivity contribution is 9.10. The maximum atomic E-state index is 12.1. The second-order valence-corrected chi connectivity index (χ2v) is 7.54. The highest BCUT2D eigenvalue weighted by Gasteiger charge is 2.24. The van der Waals surface area contributed by atoms with Gasteiger partial charge < -0.3 is 10.4 Å². The zero-order valence-electron chi connectivity index (χ0n) is 11.9. The van der Waals surface area contributed by atoms with Crippen LogP contribution in [0.1, 0.15) is 5.56 Å². The second kappa shape index (κ2) is 7.19. The van der Waals surface area contributed by atoms with Gasteiger partial charge in [-0.15, -0.1) is 0 Å². The topological polar surface area (TPSA) is 61.7 Å². The molecule has 0 aliphatic carbocycles. The summed E-state index contributed by atoms with van der Waals surface area (Å²) < 4.78 is 0.459. The minimum Gasteiger partial charge on any atom is -0.506 e. The fourth-order valence-electron chi connectivity index (χ4n) is 1.95. The van der Waals surface area contributed by atoms with Crippen LogP contribution in [0.25, 0.3) is 6.08 Å². The monoisotopic (exact) mass is 442 g/mol. The molecule has 1 amide bonds. The number of phenols is 1. The van der Waals surface area contributed by atoms with E-state index in [1.165, 1.54) is 11.8 Å². The number of carbonyl (C=O) groups is 1. The molecule has 0 radical (unpaired) electrons. The molecule has 1 aliphatic heterocycles. The molecule has 1 heterocycles. The molecule has 1 fully saturated rings. The van der Waals surface area contributed by atoms with E-state index in [0.29, 0.717) is 35.8 Å². The number of aromatic hydroxyl groups is 1. The lowest BCUT2D eigenvalue weighted by Crippen LogP contribution is -2.19. The number of benzene rings is 2. The number of hydrogen-bond acceptors (Lipinski definition) is 4. The Morgan fingerprint density at radius 3 is 2.58 bits per heavy atom. The van der Waals surface area contributed by atoms with Crippen LogP contribution in [0.2, 0.25) is 10.0 Å². The van der Waals surface area contributed by atoms with Crippen molar-refractivity contribution in [2.24, 2.45) is 4.99 Å². The lowest BCUT2D eigenvalue weighted by molar-refractivity contribution is -0.115. The van der Waals surface area contributed by atoms with E-state index in [4.69, 9.17) is 23.2 Å². The summed E-state index contributed by atoms with van der Waals surface area (Å²) in [5, 5.41) is 14.3. The van der Waals surface area contributed by atoms with Gasteiger partial charge in [-0.1, -0.05) is 23.2 Å². The Morgan fingerprint density at radius 1 is 1.17 bits per heavy atom. The lowest BCUT2D eigenvalue weighted by atomic mass is 10.2. The van der Waals surface area contributed by atoms with Gasteiger partial charge in [-0.2, -0.15) is 0 Å². The van der Waals surface area contributed by atoms with E-state index in [2.05, 4.69) is 26.2 Å². The van der Waals surface area contributed by atoms with Crippen LogP contribution in [0.3, 0.4) is 0 Å². The Bertz CT molecular complexity index is 882. The third-order valence-electron chi connectivity index (χ3n) is 3.05. The van der Waals surface area contributed by atoms with Crippen molar-refractivity contribution in [2.45, 2.75) is 0 Å². The fraction of sp³-hybridized carbons (Fsp3) is 0. The van der Waals surface area contributed by atoms with Gasteiger partial charge in [0, 0.05) is 15.6 Å². The van der Waals surface area contributed by atoms with Crippen LogP contribution >= 0.6 is 50.9 Å². The maximum absolute atomic E-state index is 12.1. The molecular formula is C16H9BrCl2N2O2S. The van der Waals surface area contributed by atoms with Crippen molar-refractivity contribution in [3.63, 3.8) is 0 Å². The van der Waals surface area contributed by atoms with Gasteiger partial charge in [-0.25, -0.2) is 4.99 Å². The summed E-state index contributed by atoms with van der Waals surface area (Å²) in [7, 11) is 0. The Kier molecular flexibility index (Phi) is 5.20. The van der Waals surface area contributed by atoms with Crippen LogP contribution in [0, 0.1) is 0 Å². The number of amidine groups is 1. The van der Waals surface area contributed by atoms with Crippen LogP contribution < -0.4 is 5.32 Å². The van der Waals surface area contributed by atoms with Crippen molar-refractivity contribution in [3.8, 4) is 5.75 Å². The van der Waals surface area contributed by atoms with Crippen LogP contribution in [0.5, 0.6) is 5.75 Å². The highest BCUT2D eigenvalue weighted by Crippen LogP contribution is 2.35. The molecule has 122 valence electrons. The molecule has 8 heteroatoms. The largest absolute Gasteiger partial charge is 0.506 e. The van der Waals surface area contributed by atoms with Gasteiger partial charge in [0.25, 0.3) is 5.91 Å². The van der Waals surface area contributed by atoms with Gasteiger partial charge in [0.1, 0.15) is 5.75 Å². The van der Waals surface area contributed by atoms with Gasteiger partial charge in [0.2, 0.25) is 0 Å². The fourth-order valence-corrected chi connectivity index (χ4v) is 3.74. The lowest BCUT2D eigenvalue weighted by Gasteiger charge is -2.03. The van der Waals surface area contributed by atoms with Crippen LogP contribution in [-0.2, 0) is 4.79 Å². The molecule has 0 spiro atoms. The SMILES string of the molecule is O=C1NC(=Nc2ccc(Cl)cc2)SC1=Cc1cc(Cl)cc(Br)c1O. The molecule has 1 aliphatic rings. The molecule has 0 unspecified atom stereocenters. The number of carbonyl (C=O) groups excluding carboxylic acids is 1. The second-order valence-electron chi connectivity index (χ2n) is 4.78. The Balaban J connectivity index is 1.89. The van der Waals surface area contributed by atoms with E-state index in [-0.39, 0.29) is 11.7 Å². The van der Waals surface area contributed by atoms with Gasteiger partial charge in [-0.05, 0) is 70.2 Å². The quantitative estimate of drug-likeness (QED) is 0.614. The van der Waals surface area contributed by atoms with Gasteiger partial charge in [0.05, 0.1) is 15.1 Å². The summed E-state index contributed by atoms with van der Waals surface area (Å²) >= 11 is 16.2. The summed E-state index contributed by atoms with van der Waals surface area (Å²) in [6.45, 7) is 0. The first-order valence-electron chi connectivity index (χ1n) is 6.65. The van der Waals surface area contributed by atoms with Crippen molar-refractivity contribution in [1.29, 1.82) is 0 Å². The van der Waals surface area contributed by atoms with Crippen molar-refractivity contribution >= 4 is 73.7 Å². The normalized spacial score (nSPS) is 17.5. The molecule has 4 nitrogen and oxygen atoms in total. The number of halogens is 3. The molecule has 0 aromatic heterocycles. The molecule has 2 aromatic rings. The Labute approximate surface area is 160 Å². The van der Waals surface area contributed by atoms with E-state index in [9.17, 15) is 9.90 Å². The Morgan fingerprint density at radius 2 is 1.88 bits per heavy atom. The predicted molar refractivity (Wildman–Crippen MR) is 103 cm³/mol. The number of nitrogens with zero attached hydrogens (tertiary/aromatic N) is 1. The minimum atomic E-state index is -0.289. The first kappa shape index (κ1) is 17.4. The summed E-state index contributed by atoms with van der Waals surface area (Å²) in [5.41, 5.74) is 1.12. The minimum absolute atomic E-state index is 0.0170. The molecule has 2 aromatic carbocycles. The third-order valence-corrected chi connectivity index (χ3v) is 5.04.